The minimum Gasteiger partial charge on any atom is -0.495 e. The molecule has 0 bridgehead atoms. The third-order valence-electron chi connectivity index (χ3n) is 4.20. The molecule has 6 heteroatoms. The molecule has 24 heavy (non-hydrogen) atoms. The standard InChI is InChI=1S/C18H21N3O3/c1-11-4-8-16(24-3)15(10-11)19-18(23)12(2)21-17(22)9-7-14(20-21)13-5-6-13/h4,7-10,12-13H,5-6H2,1-3H3,(H,19,23). The molecule has 1 aliphatic carbocycles. The van der Waals surface area contributed by atoms with Gasteiger partial charge in [0, 0.05) is 12.0 Å². The molecule has 1 amide bonds. The van der Waals surface area contributed by atoms with Gasteiger partial charge in [0.1, 0.15) is 11.8 Å². The number of aromatic nitrogens is 2. The van der Waals surface area contributed by atoms with Crippen LogP contribution in [0.25, 0.3) is 0 Å². The van der Waals surface area contributed by atoms with Crippen LogP contribution in [0.15, 0.2) is 35.1 Å². The first-order valence-corrected chi connectivity index (χ1v) is 8.05. The van der Waals surface area contributed by atoms with Crippen molar-refractivity contribution in [3.05, 3.63) is 51.9 Å². The molecule has 0 radical (unpaired) electrons. The van der Waals surface area contributed by atoms with E-state index in [-0.39, 0.29) is 11.5 Å². The van der Waals surface area contributed by atoms with Gasteiger partial charge in [-0.2, -0.15) is 5.10 Å². The summed E-state index contributed by atoms with van der Waals surface area (Å²) in [6.45, 7) is 3.60. The zero-order valence-corrected chi connectivity index (χ0v) is 14.1. The Labute approximate surface area is 140 Å². The lowest BCUT2D eigenvalue weighted by Gasteiger charge is -2.16. The Morgan fingerprint density at radius 2 is 2.08 bits per heavy atom. The molecule has 1 aromatic heterocycles. The number of benzene rings is 1. The summed E-state index contributed by atoms with van der Waals surface area (Å²) in [4.78, 5) is 24.7. The van der Waals surface area contributed by atoms with Crippen LogP contribution in [0.5, 0.6) is 5.75 Å². The second-order valence-electron chi connectivity index (χ2n) is 6.18. The van der Waals surface area contributed by atoms with Crippen LogP contribution in [0.2, 0.25) is 0 Å². The van der Waals surface area contributed by atoms with Crippen LogP contribution in [0.1, 0.15) is 43.0 Å². The minimum absolute atomic E-state index is 0.279. The Balaban J connectivity index is 1.84. The van der Waals surface area contributed by atoms with Crippen LogP contribution >= 0.6 is 0 Å². The molecule has 3 rings (SSSR count). The highest BCUT2D eigenvalue weighted by Gasteiger charge is 2.27. The molecule has 1 aromatic carbocycles. The summed E-state index contributed by atoms with van der Waals surface area (Å²) in [5, 5.41) is 7.20. The third kappa shape index (κ3) is 3.32. The maximum Gasteiger partial charge on any atom is 0.267 e. The smallest absolute Gasteiger partial charge is 0.267 e. The monoisotopic (exact) mass is 327 g/mol. The largest absolute Gasteiger partial charge is 0.495 e. The molecule has 1 heterocycles. The molecule has 1 fully saturated rings. The number of anilines is 1. The summed E-state index contributed by atoms with van der Waals surface area (Å²) in [6.07, 6.45) is 2.18. The van der Waals surface area contributed by atoms with Crippen LogP contribution in [-0.2, 0) is 4.79 Å². The highest BCUT2D eigenvalue weighted by molar-refractivity contribution is 5.94. The lowest BCUT2D eigenvalue weighted by molar-refractivity contribution is -0.119. The van der Waals surface area contributed by atoms with E-state index in [9.17, 15) is 9.59 Å². The maximum absolute atomic E-state index is 12.6. The normalized spacial score (nSPS) is 15.0. The van der Waals surface area contributed by atoms with Gasteiger partial charge in [-0.3, -0.25) is 9.59 Å². The molecule has 0 saturated heterocycles. The number of ether oxygens (including phenoxy) is 1. The molecule has 1 unspecified atom stereocenters. The second-order valence-corrected chi connectivity index (χ2v) is 6.18. The van der Waals surface area contributed by atoms with Crippen molar-refractivity contribution in [3.63, 3.8) is 0 Å². The number of nitrogens with zero attached hydrogens (tertiary/aromatic N) is 2. The van der Waals surface area contributed by atoms with Gasteiger partial charge in [0.05, 0.1) is 18.5 Å². The number of rotatable bonds is 5. The van der Waals surface area contributed by atoms with Crippen LogP contribution in [0.3, 0.4) is 0 Å². The van der Waals surface area contributed by atoms with Gasteiger partial charge in [-0.1, -0.05) is 6.07 Å². The number of hydrogen-bond donors (Lipinski definition) is 1. The average molecular weight is 327 g/mol. The van der Waals surface area contributed by atoms with Crippen molar-refractivity contribution in [2.24, 2.45) is 0 Å². The number of nitrogens with one attached hydrogen (secondary N) is 1. The van der Waals surface area contributed by atoms with E-state index in [0.29, 0.717) is 17.4 Å². The fraction of sp³-hybridized carbons (Fsp3) is 0.389. The molecular weight excluding hydrogens is 306 g/mol. The van der Waals surface area contributed by atoms with E-state index < -0.39 is 6.04 Å². The summed E-state index contributed by atoms with van der Waals surface area (Å²) in [7, 11) is 1.55. The predicted molar refractivity (Wildman–Crippen MR) is 91.5 cm³/mol. The number of carbonyl (C=O) groups is 1. The number of carbonyl (C=O) groups excluding carboxylic acids is 1. The Morgan fingerprint density at radius 3 is 2.75 bits per heavy atom. The van der Waals surface area contributed by atoms with Crippen molar-refractivity contribution in [2.75, 3.05) is 12.4 Å². The Morgan fingerprint density at radius 1 is 1.33 bits per heavy atom. The van der Waals surface area contributed by atoms with E-state index in [2.05, 4.69) is 10.4 Å². The number of amides is 1. The zero-order chi connectivity index (χ0) is 17.3. The molecule has 0 aliphatic heterocycles. The lowest BCUT2D eigenvalue weighted by atomic mass is 10.2. The van der Waals surface area contributed by atoms with Crippen molar-refractivity contribution in [3.8, 4) is 5.75 Å². The third-order valence-corrected chi connectivity index (χ3v) is 4.20. The van der Waals surface area contributed by atoms with E-state index >= 15 is 0 Å². The molecular formula is C18H21N3O3. The average Bonchev–Trinajstić information content (AvgIpc) is 3.40. The molecule has 2 aromatic rings. The summed E-state index contributed by atoms with van der Waals surface area (Å²) >= 11 is 0. The van der Waals surface area contributed by atoms with Gasteiger partial charge in [-0.05, 0) is 50.5 Å². The Hall–Kier alpha value is -2.63. The van der Waals surface area contributed by atoms with E-state index in [1.165, 1.54) is 10.7 Å². The van der Waals surface area contributed by atoms with Gasteiger partial charge in [0.15, 0.2) is 0 Å². The first-order chi connectivity index (χ1) is 11.5. The molecule has 1 aliphatic rings. The van der Waals surface area contributed by atoms with Crippen molar-refractivity contribution >= 4 is 11.6 Å². The number of aryl methyl sites for hydroxylation is 1. The highest BCUT2D eigenvalue weighted by Crippen LogP contribution is 2.38. The van der Waals surface area contributed by atoms with Crippen molar-refractivity contribution in [1.29, 1.82) is 0 Å². The molecule has 6 nitrogen and oxygen atoms in total. The van der Waals surface area contributed by atoms with Gasteiger partial charge < -0.3 is 10.1 Å². The quantitative estimate of drug-likeness (QED) is 0.916. The summed E-state index contributed by atoms with van der Waals surface area (Å²) in [6, 6.07) is 8.07. The van der Waals surface area contributed by atoms with Crippen LogP contribution in [-0.4, -0.2) is 22.8 Å². The Bertz CT molecular complexity index is 824. The first kappa shape index (κ1) is 16.2. The van der Waals surface area contributed by atoms with E-state index in [1.807, 2.05) is 19.1 Å². The maximum atomic E-state index is 12.6. The number of methoxy groups -OCH3 is 1. The van der Waals surface area contributed by atoms with Gasteiger partial charge in [0.2, 0.25) is 5.91 Å². The van der Waals surface area contributed by atoms with E-state index in [0.717, 1.165) is 24.1 Å². The Kier molecular flexibility index (Phi) is 4.38. The van der Waals surface area contributed by atoms with Crippen LogP contribution < -0.4 is 15.6 Å². The van der Waals surface area contributed by atoms with Crippen molar-refractivity contribution in [1.82, 2.24) is 9.78 Å². The fourth-order valence-electron chi connectivity index (χ4n) is 2.58. The minimum atomic E-state index is -0.707. The SMILES string of the molecule is COc1ccc(C)cc1NC(=O)C(C)n1nc(C2CC2)ccc1=O. The zero-order valence-electron chi connectivity index (χ0n) is 14.1. The second kappa shape index (κ2) is 6.47. The predicted octanol–water partition coefficient (Wildman–Crippen LogP) is 2.64. The molecule has 1 atom stereocenters. The number of hydrogen-bond acceptors (Lipinski definition) is 4. The topological polar surface area (TPSA) is 73.2 Å². The molecule has 1 saturated carbocycles. The van der Waals surface area contributed by atoms with Crippen molar-refractivity contribution in [2.45, 2.75) is 38.6 Å². The molecule has 0 spiro atoms. The van der Waals surface area contributed by atoms with Gasteiger partial charge in [-0.15, -0.1) is 0 Å². The lowest BCUT2D eigenvalue weighted by Crippen LogP contribution is -2.33. The van der Waals surface area contributed by atoms with E-state index in [4.69, 9.17) is 4.74 Å². The van der Waals surface area contributed by atoms with E-state index in [1.54, 1.807) is 26.2 Å². The van der Waals surface area contributed by atoms with Gasteiger partial charge >= 0.3 is 0 Å². The summed E-state index contributed by atoms with van der Waals surface area (Å²) < 4.78 is 6.53. The highest BCUT2D eigenvalue weighted by atomic mass is 16.5. The van der Waals surface area contributed by atoms with Gasteiger partial charge in [-0.25, -0.2) is 4.68 Å². The van der Waals surface area contributed by atoms with Gasteiger partial charge in [0.25, 0.3) is 5.56 Å². The molecule has 126 valence electrons. The first-order valence-electron chi connectivity index (χ1n) is 8.05. The molecule has 1 N–H and O–H groups in total. The summed E-state index contributed by atoms with van der Waals surface area (Å²) in [5.41, 5.74) is 2.19. The summed E-state index contributed by atoms with van der Waals surface area (Å²) in [5.74, 6) is 0.693. The van der Waals surface area contributed by atoms with Crippen LogP contribution in [0, 0.1) is 6.92 Å². The van der Waals surface area contributed by atoms with Crippen LogP contribution in [0.4, 0.5) is 5.69 Å². The van der Waals surface area contributed by atoms with Crippen molar-refractivity contribution < 1.29 is 9.53 Å². The fourth-order valence-corrected chi connectivity index (χ4v) is 2.58.